The monoisotopic (exact) mass is 246 g/mol. The van der Waals surface area contributed by atoms with Crippen LogP contribution in [0.4, 0.5) is 0 Å². The van der Waals surface area contributed by atoms with Gasteiger partial charge in [0, 0.05) is 23.5 Å². The van der Waals surface area contributed by atoms with Crippen molar-refractivity contribution in [2.45, 2.75) is 38.7 Å². The highest BCUT2D eigenvalue weighted by molar-refractivity contribution is 5.83. The highest BCUT2D eigenvalue weighted by Crippen LogP contribution is 2.52. The van der Waals surface area contributed by atoms with E-state index in [-0.39, 0.29) is 17.8 Å². The van der Waals surface area contributed by atoms with E-state index in [0.717, 1.165) is 29.9 Å². The van der Waals surface area contributed by atoms with Crippen molar-refractivity contribution in [3.05, 3.63) is 23.3 Å². The fourth-order valence-corrected chi connectivity index (χ4v) is 2.91. The molecule has 1 aliphatic carbocycles. The Labute approximate surface area is 107 Å². The predicted octanol–water partition coefficient (Wildman–Crippen LogP) is 2.71. The molecule has 1 fully saturated rings. The van der Waals surface area contributed by atoms with Crippen molar-refractivity contribution in [2.24, 2.45) is 5.92 Å². The lowest BCUT2D eigenvalue weighted by atomic mass is 10.0. The van der Waals surface area contributed by atoms with Crippen molar-refractivity contribution in [3.8, 4) is 11.5 Å². The molecule has 1 saturated carbocycles. The van der Waals surface area contributed by atoms with Gasteiger partial charge in [0.15, 0.2) is 0 Å². The highest BCUT2D eigenvalue weighted by atomic mass is 16.5. The van der Waals surface area contributed by atoms with Crippen LogP contribution < -0.4 is 9.47 Å². The maximum absolute atomic E-state index is 11.4. The Morgan fingerprint density at radius 1 is 1.44 bits per heavy atom. The van der Waals surface area contributed by atoms with Crippen molar-refractivity contribution >= 4 is 5.78 Å². The standard InChI is InChI=1S/C15H18O3/c1-8-4-10-5-15(17-3)13(7-14(10)18-8)12-6-11(12)9(2)16/h5,7-8,11-12H,4,6H2,1-3H3. The number of carbonyl (C=O) groups excluding carboxylic acids is 1. The number of rotatable bonds is 3. The number of fused-ring (bicyclic) bond motifs is 1. The van der Waals surface area contributed by atoms with Crippen LogP contribution in [0.1, 0.15) is 37.3 Å². The van der Waals surface area contributed by atoms with Crippen molar-refractivity contribution in [1.82, 2.24) is 0 Å². The molecule has 0 bridgehead atoms. The summed E-state index contributed by atoms with van der Waals surface area (Å²) in [5.41, 5.74) is 2.34. The van der Waals surface area contributed by atoms with Crippen LogP contribution in [0.2, 0.25) is 0 Å². The van der Waals surface area contributed by atoms with E-state index in [1.807, 2.05) is 0 Å². The minimum Gasteiger partial charge on any atom is -0.496 e. The number of ketones is 1. The summed E-state index contributed by atoms with van der Waals surface area (Å²) in [6, 6.07) is 4.15. The van der Waals surface area contributed by atoms with Gasteiger partial charge in [-0.3, -0.25) is 4.79 Å². The zero-order valence-electron chi connectivity index (χ0n) is 11.0. The smallest absolute Gasteiger partial charge is 0.133 e. The number of hydrogen-bond acceptors (Lipinski definition) is 3. The van der Waals surface area contributed by atoms with Crippen LogP contribution in [0.5, 0.6) is 11.5 Å². The van der Waals surface area contributed by atoms with E-state index in [9.17, 15) is 4.79 Å². The summed E-state index contributed by atoms with van der Waals surface area (Å²) in [6.07, 6.45) is 2.12. The summed E-state index contributed by atoms with van der Waals surface area (Å²) in [5.74, 6) is 2.64. The van der Waals surface area contributed by atoms with Gasteiger partial charge in [0.05, 0.1) is 7.11 Å². The molecule has 96 valence electrons. The Balaban J connectivity index is 1.95. The largest absolute Gasteiger partial charge is 0.496 e. The quantitative estimate of drug-likeness (QED) is 0.822. The van der Waals surface area contributed by atoms with Gasteiger partial charge in [-0.25, -0.2) is 0 Å². The van der Waals surface area contributed by atoms with Gasteiger partial charge >= 0.3 is 0 Å². The van der Waals surface area contributed by atoms with Crippen molar-refractivity contribution in [3.63, 3.8) is 0 Å². The Bertz CT molecular complexity index is 507. The molecule has 3 unspecified atom stereocenters. The van der Waals surface area contributed by atoms with E-state index in [2.05, 4.69) is 19.1 Å². The first-order valence-electron chi connectivity index (χ1n) is 6.48. The number of benzene rings is 1. The molecule has 3 rings (SSSR count). The third-order valence-electron chi connectivity index (χ3n) is 3.96. The van der Waals surface area contributed by atoms with Gasteiger partial charge in [-0.05, 0) is 38.3 Å². The minimum atomic E-state index is 0.177. The van der Waals surface area contributed by atoms with Gasteiger partial charge in [0.1, 0.15) is 23.4 Å². The van der Waals surface area contributed by atoms with Gasteiger partial charge in [0.2, 0.25) is 0 Å². The van der Waals surface area contributed by atoms with Gasteiger partial charge < -0.3 is 9.47 Å². The molecule has 0 spiro atoms. The third kappa shape index (κ3) is 1.78. The molecule has 1 heterocycles. The Morgan fingerprint density at radius 2 is 2.22 bits per heavy atom. The van der Waals surface area contributed by atoms with Crippen molar-refractivity contribution in [1.29, 1.82) is 0 Å². The molecule has 3 nitrogen and oxygen atoms in total. The molecule has 0 amide bonds. The summed E-state index contributed by atoms with van der Waals surface area (Å²) in [7, 11) is 1.69. The molecule has 3 heteroatoms. The number of carbonyl (C=O) groups is 1. The van der Waals surface area contributed by atoms with Crippen LogP contribution in [-0.2, 0) is 11.2 Å². The first-order chi connectivity index (χ1) is 8.60. The lowest BCUT2D eigenvalue weighted by molar-refractivity contribution is -0.118. The fourth-order valence-electron chi connectivity index (χ4n) is 2.91. The van der Waals surface area contributed by atoms with Crippen LogP contribution in [0.15, 0.2) is 12.1 Å². The SMILES string of the molecule is COc1cc2c(cc1C1CC1C(C)=O)OC(C)C2. The van der Waals surface area contributed by atoms with Crippen molar-refractivity contribution in [2.75, 3.05) is 7.11 Å². The first-order valence-corrected chi connectivity index (χ1v) is 6.48. The molecule has 0 saturated heterocycles. The Hall–Kier alpha value is -1.51. The zero-order chi connectivity index (χ0) is 12.9. The maximum atomic E-state index is 11.4. The average molecular weight is 246 g/mol. The van der Waals surface area contributed by atoms with Gasteiger partial charge in [-0.1, -0.05) is 0 Å². The van der Waals surface area contributed by atoms with E-state index in [4.69, 9.17) is 9.47 Å². The minimum absolute atomic E-state index is 0.177. The summed E-state index contributed by atoms with van der Waals surface area (Å²) < 4.78 is 11.2. The Kier molecular flexibility index (Phi) is 2.58. The van der Waals surface area contributed by atoms with E-state index >= 15 is 0 Å². The molecule has 3 atom stereocenters. The van der Waals surface area contributed by atoms with E-state index in [0.29, 0.717) is 5.92 Å². The summed E-state index contributed by atoms with van der Waals surface area (Å²) in [6.45, 7) is 3.74. The predicted molar refractivity (Wildman–Crippen MR) is 68.3 cm³/mol. The van der Waals surface area contributed by atoms with Gasteiger partial charge in [-0.15, -0.1) is 0 Å². The Morgan fingerprint density at radius 3 is 2.83 bits per heavy atom. The van der Waals surface area contributed by atoms with Gasteiger partial charge in [-0.2, -0.15) is 0 Å². The number of methoxy groups -OCH3 is 1. The summed E-state index contributed by atoms with van der Waals surface area (Å²) >= 11 is 0. The van der Waals surface area contributed by atoms with Crippen LogP contribution in [0, 0.1) is 5.92 Å². The molecule has 1 aromatic rings. The van der Waals surface area contributed by atoms with Crippen LogP contribution in [-0.4, -0.2) is 19.0 Å². The second kappa shape index (κ2) is 4.01. The van der Waals surface area contributed by atoms with E-state index in [1.165, 1.54) is 5.56 Å². The average Bonchev–Trinajstić information content (AvgIpc) is 3.04. The summed E-state index contributed by atoms with van der Waals surface area (Å²) in [4.78, 5) is 11.4. The normalized spacial score (nSPS) is 28.5. The second-order valence-electron chi connectivity index (χ2n) is 5.39. The highest BCUT2D eigenvalue weighted by Gasteiger charge is 2.44. The van der Waals surface area contributed by atoms with Crippen molar-refractivity contribution < 1.29 is 14.3 Å². The second-order valence-corrected chi connectivity index (χ2v) is 5.39. The number of Topliss-reactive ketones (excluding diaryl/α,β-unsaturated/α-hetero) is 1. The summed E-state index contributed by atoms with van der Waals surface area (Å²) in [5, 5.41) is 0. The molecule has 0 radical (unpaired) electrons. The molecule has 1 aliphatic heterocycles. The first kappa shape index (κ1) is 11.6. The topological polar surface area (TPSA) is 35.5 Å². The lowest BCUT2D eigenvalue weighted by Gasteiger charge is -2.10. The van der Waals surface area contributed by atoms with Crippen LogP contribution in [0.3, 0.4) is 0 Å². The molecular formula is C15H18O3. The molecule has 2 aliphatic rings. The molecular weight excluding hydrogens is 228 g/mol. The van der Waals surface area contributed by atoms with E-state index < -0.39 is 0 Å². The molecule has 0 aromatic heterocycles. The lowest BCUT2D eigenvalue weighted by Crippen LogP contribution is -2.05. The van der Waals surface area contributed by atoms with Gasteiger partial charge in [0.25, 0.3) is 0 Å². The number of hydrogen-bond donors (Lipinski definition) is 0. The number of ether oxygens (including phenoxy) is 2. The molecule has 18 heavy (non-hydrogen) atoms. The molecule has 1 aromatic carbocycles. The van der Waals surface area contributed by atoms with Crippen LogP contribution >= 0.6 is 0 Å². The van der Waals surface area contributed by atoms with Crippen LogP contribution in [0.25, 0.3) is 0 Å². The fraction of sp³-hybridized carbons (Fsp3) is 0.533. The molecule has 0 N–H and O–H groups in total. The zero-order valence-corrected chi connectivity index (χ0v) is 11.0. The maximum Gasteiger partial charge on any atom is 0.133 e. The third-order valence-corrected chi connectivity index (χ3v) is 3.96. The van der Waals surface area contributed by atoms with E-state index in [1.54, 1.807) is 14.0 Å².